The van der Waals surface area contributed by atoms with Crippen LogP contribution >= 0.6 is 15.9 Å². The van der Waals surface area contributed by atoms with E-state index in [1.54, 1.807) is 4.57 Å². The van der Waals surface area contributed by atoms with E-state index in [0.29, 0.717) is 5.58 Å². The first-order valence-electron chi connectivity index (χ1n) is 5.44. The molecule has 0 amide bonds. The summed E-state index contributed by atoms with van der Waals surface area (Å²) in [7, 11) is 0. The van der Waals surface area contributed by atoms with Crippen molar-refractivity contribution in [3.8, 4) is 0 Å². The number of hydrogen-bond acceptors (Lipinski definition) is 2. The van der Waals surface area contributed by atoms with Gasteiger partial charge in [-0.2, -0.15) is 0 Å². The lowest BCUT2D eigenvalue weighted by molar-refractivity contribution is 0.439. The first-order valence-corrected chi connectivity index (χ1v) is 6.23. The predicted molar refractivity (Wildman–Crippen MR) is 67.8 cm³/mol. The number of rotatable bonds is 3. The standard InChI is InChI=1S/C12H14BrNO2/c1-3-4-8(2)14-10-6-5-9(13)7-11(10)16-12(14)15/h5-8H,3-4H2,1-2H3. The maximum absolute atomic E-state index is 11.7. The molecule has 0 fully saturated rings. The second-order valence-corrected chi connectivity index (χ2v) is 4.90. The minimum atomic E-state index is -0.269. The smallest absolute Gasteiger partial charge is 0.408 e. The Morgan fingerprint density at radius 3 is 2.94 bits per heavy atom. The third kappa shape index (κ3) is 1.94. The summed E-state index contributed by atoms with van der Waals surface area (Å²) in [6.07, 6.45) is 2.03. The van der Waals surface area contributed by atoms with Crippen LogP contribution in [-0.2, 0) is 0 Å². The molecule has 0 saturated heterocycles. The van der Waals surface area contributed by atoms with Crippen molar-refractivity contribution in [3.05, 3.63) is 33.2 Å². The number of oxazole rings is 1. The number of aromatic nitrogens is 1. The van der Waals surface area contributed by atoms with Crippen LogP contribution in [0.15, 0.2) is 31.9 Å². The fraction of sp³-hybridized carbons (Fsp3) is 0.417. The van der Waals surface area contributed by atoms with Crippen LogP contribution in [-0.4, -0.2) is 4.57 Å². The molecule has 0 aliphatic heterocycles. The van der Waals surface area contributed by atoms with Crippen molar-refractivity contribution in [3.63, 3.8) is 0 Å². The van der Waals surface area contributed by atoms with Gasteiger partial charge in [-0.3, -0.25) is 4.57 Å². The molecule has 0 spiro atoms. The number of hydrogen-bond donors (Lipinski definition) is 0. The van der Waals surface area contributed by atoms with Gasteiger partial charge in [0.05, 0.1) is 5.52 Å². The highest BCUT2D eigenvalue weighted by Gasteiger charge is 2.14. The maximum Gasteiger partial charge on any atom is 0.420 e. The molecule has 0 radical (unpaired) electrons. The van der Waals surface area contributed by atoms with Crippen LogP contribution in [0.25, 0.3) is 11.1 Å². The average Bonchev–Trinajstić information content (AvgIpc) is 2.53. The molecule has 16 heavy (non-hydrogen) atoms. The molecular formula is C12H14BrNO2. The molecule has 0 aliphatic rings. The van der Waals surface area contributed by atoms with Gasteiger partial charge in [0.25, 0.3) is 0 Å². The zero-order valence-corrected chi connectivity index (χ0v) is 11.0. The highest BCUT2D eigenvalue weighted by molar-refractivity contribution is 9.10. The van der Waals surface area contributed by atoms with Gasteiger partial charge in [0.1, 0.15) is 0 Å². The van der Waals surface area contributed by atoms with Crippen molar-refractivity contribution in [1.82, 2.24) is 4.57 Å². The highest BCUT2D eigenvalue weighted by Crippen LogP contribution is 2.22. The first kappa shape index (κ1) is 11.5. The lowest BCUT2D eigenvalue weighted by atomic mass is 10.2. The van der Waals surface area contributed by atoms with Crippen LogP contribution < -0.4 is 5.76 Å². The van der Waals surface area contributed by atoms with Crippen molar-refractivity contribution >= 4 is 27.0 Å². The summed E-state index contributed by atoms with van der Waals surface area (Å²) in [4.78, 5) is 11.7. The van der Waals surface area contributed by atoms with Gasteiger partial charge in [0.15, 0.2) is 5.58 Å². The average molecular weight is 284 g/mol. The van der Waals surface area contributed by atoms with E-state index in [9.17, 15) is 4.79 Å². The summed E-state index contributed by atoms with van der Waals surface area (Å²) in [6, 6.07) is 5.84. The lowest BCUT2D eigenvalue weighted by Gasteiger charge is -2.10. The van der Waals surface area contributed by atoms with E-state index in [4.69, 9.17) is 4.42 Å². The molecule has 2 rings (SSSR count). The summed E-state index contributed by atoms with van der Waals surface area (Å²) in [5, 5.41) is 0. The van der Waals surface area contributed by atoms with E-state index >= 15 is 0 Å². The van der Waals surface area contributed by atoms with Crippen molar-refractivity contribution in [2.24, 2.45) is 0 Å². The zero-order chi connectivity index (χ0) is 11.7. The van der Waals surface area contributed by atoms with Crippen LogP contribution in [0, 0.1) is 0 Å². The number of benzene rings is 1. The molecule has 1 heterocycles. The maximum atomic E-state index is 11.7. The summed E-state index contributed by atoms with van der Waals surface area (Å²) in [6.45, 7) is 4.16. The van der Waals surface area contributed by atoms with E-state index in [1.807, 2.05) is 25.1 Å². The summed E-state index contributed by atoms with van der Waals surface area (Å²) in [5.41, 5.74) is 1.51. The largest absolute Gasteiger partial charge is 0.420 e. The second-order valence-electron chi connectivity index (χ2n) is 3.99. The Balaban J connectivity index is 2.60. The Kier molecular flexibility index (Phi) is 3.19. The third-order valence-electron chi connectivity index (χ3n) is 2.72. The zero-order valence-electron chi connectivity index (χ0n) is 9.37. The molecule has 1 aromatic carbocycles. The van der Waals surface area contributed by atoms with Gasteiger partial charge in [-0.15, -0.1) is 0 Å². The van der Waals surface area contributed by atoms with E-state index in [0.717, 1.165) is 22.8 Å². The molecule has 0 bridgehead atoms. The van der Waals surface area contributed by atoms with Crippen LogP contribution in [0.5, 0.6) is 0 Å². The van der Waals surface area contributed by atoms with E-state index in [1.165, 1.54) is 0 Å². The van der Waals surface area contributed by atoms with Gasteiger partial charge in [-0.1, -0.05) is 29.3 Å². The molecule has 4 heteroatoms. The molecule has 1 aromatic heterocycles. The predicted octanol–water partition coefficient (Wildman–Crippen LogP) is 3.72. The van der Waals surface area contributed by atoms with E-state index < -0.39 is 0 Å². The normalized spacial score (nSPS) is 13.2. The molecule has 0 N–H and O–H groups in total. The first-order chi connectivity index (χ1) is 7.63. The molecule has 0 aliphatic carbocycles. The van der Waals surface area contributed by atoms with Gasteiger partial charge in [0.2, 0.25) is 0 Å². The van der Waals surface area contributed by atoms with Gasteiger partial charge < -0.3 is 4.42 Å². The molecule has 0 saturated carbocycles. The van der Waals surface area contributed by atoms with Crippen molar-refractivity contribution in [2.45, 2.75) is 32.7 Å². The Hall–Kier alpha value is -1.03. The summed E-state index contributed by atoms with van der Waals surface area (Å²) < 4.78 is 7.87. The fourth-order valence-corrected chi connectivity index (χ4v) is 2.31. The van der Waals surface area contributed by atoms with Crippen molar-refractivity contribution < 1.29 is 4.42 Å². The summed E-state index contributed by atoms with van der Waals surface area (Å²) >= 11 is 3.36. The molecular weight excluding hydrogens is 270 g/mol. The quantitative estimate of drug-likeness (QED) is 0.861. The molecule has 2 aromatic rings. The highest BCUT2D eigenvalue weighted by atomic mass is 79.9. The van der Waals surface area contributed by atoms with Crippen molar-refractivity contribution in [1.29, 1.82) is 0 Å². The molecule has 86 valence electrons. The molecule has 3 nitrogen and oxygen atoms in total. The van der Waals surface area contributed by atoms with Crippen LogP contribution in [0.4, 0.5) is 0 Å². The van der Waals surface area contributed by atoms with Gasteiger partial charge in [-0.05, 0) is 31.5 Å². The second kappa shape index (κ2) is 4.45. The lowest BCUT2D eigenvalue weighted by Crippen LogP contribution is -2.18. The Morgan fingerprint density at radius 2 is 2.25 bits per heavy atom. The van der Waals surface area contributed by atoms with Gasteiger partial charge >= 0.3 is 5.76 Å². The van der Waals surface area contributed by atoms with Crippen LogP contribution in [0.3, 0.4) is 0 Å². The fourth-order valence-electron chi connectivity index (χ4n) is 1.97. The summed E-state index contributed by atoms with van der Waals surface area (Å²) in [5.74, 6) is -0.269. The Labute approximate surface area is 102 Å². The van der Waals surface area contributed by atoms with E-state index in [2.05, 4.69) is 22.9 Å². The van der Waals surface area contributed by atoms with Gasteiger partial charge in [0, 0.05) is 10.5 Å². The minimum absolute atomic E-state index is 0.180. The van der Waals surface area contributed by atoms with Gasteiger partial charge in [-0.25, -0.2) is 4.79 Å². The Bertz CT molecular complexity index is 556. The SMILES string of the molecule is CCCC(C)n1c(=O)oc2cc(Br)ccc21. The van der Waals surface area contributed by atoms with Crippen molar-refractivity contribution in [2.75, 3.05) is 0 Å². The van der Waals surface area contributed by atoms with E-state index in [-0.39, 0.29) is 11.8 Å². The minimum Gasteiger partial charge on any atom is -0.408 e. The number of fused-ring (bicyclic) bond motifs is 1. The number of halogens is 1. The monoisotopic (exact) mass is 283 g/mol. The number of nitrogens with zero attached hydrogens (tertiary/aromatic N) is 1. The van der Waals surface area contributed by atoms with Crippen LogP contribution in [0.1, 0.15) is 32.7 Å². The Morgan fingerprint density at radius 1 is 1.50 bits per heavy atom. The van der Waals surface area contributed by atoms with Crippen LogP contribution in [0.2, 0.25) is 0 Å². The third-order valence-corrected chi connectivity index (χ3v) is 3.22. The molecule has 1 unspecified atom stereocenters. The molecule has 1 atom stereocenters. The topological polar surface area (TPSA) is 35.1 Å².